The molecule has 1 aromatic heterocycles. The molecule has 0 N–H and O–H groups in total. The predicted octanol–water partition coefficient (Wildman–Crippen LogP) is 8.36. The van der Waals surface area contributed by atoms with Gasteiger partial charge in [-0.1, -0.05) is 75.6 Å². The lowest BCUT2D eigenvalue weighted by Gasteiger charge is -2.34. The number of rotatable bonds is 7. The molecule has 1 aliphatic rings. The van der Waals surface area contributed by atoms with Gasteiger partial charge in [0.2, 0.25) is 0 Å². The summed E-state index contributed by atoms with van der Waals surface area (Å²) in [5, 5.41) is 3.85. The zero-order chi connectivity index (χ0) is 24.8. The molecule has 4 heteroatoms. The second kappa shape index (κ2) is 8.94. The first-order valence-corrected chi connectivity index (χ1v) is 13.0. The number of benzene rings is 4. The number of furan rings is 1. The van der Waals surface area contributed by atoms with Crippen molar-refractivity contribution in [2.75, 3.05) is 0 Å². The summed E-state index contributed by atoms with van der Waals surface area (Å²) in [6.07, 6.45) is 4.86. The number of para-hydroxylation sites is 1. The Bertz CT molecular complexity index is 1620. The Morgan fingerprint density at radius 2 is 1.44 bits per heavy atom. The third kappa shape index (κ3) is 3.43. The van der Waals surface area contributed by atoms with Crippen molar-refractivity contribution in [1.82, 2.24) is 4.90 Å². The van der Waals surface area contributed by atoms with E-state index < -0.39 is 0 Å². The van der Waals surface area contributed by atoms with Crippen LogP contribution in [0, 0.1) is 0 Å². The highest BCUT2D eigenvalue weighted by Gasteiger charge is 2.37. The van der Waals surface area contributed by atoms with Crippen LogP contribution in [0.3, 0.4) is 0 Å². The molecule has 180 valence electrons. The van der Waals surface area contributed by atoms with Crippen LogP contribution in [-0.4, -0.2) is 22.8 Å². The van der Waals surface area contributed by atoms with E-state index in [1.165, 1.54) is 4.90 Å². The van der Waals surface area contributed by atoms with Gasteiger partial charge in [0.05, 0.1) is 0 Å². The molecule has 1 aliphatic heterocycles. The Hall–Kier alpha value is -3.92. The number of hydrogen-bond donors (Lipinski definition) is 0. The third-order valence-corrected chi connectivity index (χ3v) is 7.61. The molecule has 4 aromatic carbocycles. The second-order valence-electron chi connectivity index (χ2n) is 9.74. The number of carbonyl (C=O) groups excluding carboxylic acids is 2. The van der Waals surface area contributed by atoms with Gasteiger partial charge in [0.25, 0.3) is 11.8 Å². The number of amides is 2. The molecular weight excluding hydrogens is 446 g/mol. The Morgan fingerprint density at radius 1 is 0.722 bits per heavy atom. The largest absolute Gasteiger partial charge is 0.456 e. The maximum absolute atomic E-state index is 13.7. The van der Waals surface area contributed by atoms with Crippen LogP contribution in [-0.2, 0) is 0 Å². The van der Waals surface area contributed by atoms with E-state index in [0.717, 1.165) is 75.9 Å². The highest BCUT2D eigenvalue weighted by molar-refractivity contribution is 6.27. The van der Waals surface area contributed by atoms with Gasteiger partial charge in [-0.25, -0.2) is 0 Å². The van der Waals surface area contributed by atoms with E-state index >= 15 is 0 Å². The normalized spacial score (nSPS) is 14.3. The van der Waals surface area contributed by atoms with Crippen molar-refractivity contribution in [2.45, 2.75) is 52.0 Å². The average Bonchev–Trinajstić information content (AvgIpc) is 3.28. The van der Waals surface area contributed by atoms with E-state index in [2.05, 4.69) is 38.1 Å². The highest BCUT2D eigenvalue weighted by atomic mass is 16.3. The number of imide groups is 1. The lowest BCUT2D eigenvalue weighted by Crippen LogP contribution is -2.46. The van der Waals surface area contributed by atoms with Crippen molar-refractivity contribution in [1.29, 1.82) is 0 Å². The van der Waals surface area contributed by atoms with Crippen LogP contribution in [0.25, 0.3) is 43.8 Å². The topological polar surface area (TPSA) is 50.5 Å². The first-order chi connectivity index (χ1) is 17.6. The maximum atomic E-state index is 13.7. The molecule has 1 atom stereocenters. The van der Waals surface area contributed by atoms with Crippen LogP contribution >= 0.6 is 0 Å². The minimum absolute atomic E-state index is 0.0740. The van der Waals surface area contributed by atoms with Crippen LogP contribution in [0.1, 0.15) is 66.7 Å². The number of hydrogen-bond acceptors (Lipinski definition) is 3. The molecule has 2 amide bonds. The van der Waals surface area contributed by atoms with E-state index in [-0.39, 0.29) is 17.9 Å². The molecule has 0 bridgehead atoms. The molecule has 0 saturated carbocycles. The lowest BCUT2D eigenvalue weighted by molar-refractivity contribution is 0.0524. The molecule has 0 radical (unpaired) electrons. The molecule has 36 heavy (non-hydrogen) atoms. The lowest BCUT2D eigenvalue weighted by atomic mass is 9.88. The van der Waals surface area contributed by atoms with E-state index in [4.69, 9.17) is 4.42 Å². The summed E-state index contributed by atoms with van der Waals surface area (Å²) >= 11 is 0. The van der Waals surface area contributed by atoms with Crippen molar-refractivity contribution in [3.05, 3.63) is 83.9 Å². The molecule has 0 aliphatic carbocycles. The number of carbonyl (C=O) groups is 2. The summed E-state index contributed by atoms with van der Waals surface area (Å²) < 4.78 is 6.12. The van der Waals surface area contributed by atoms with Gasteiger partial charge in [-0.2, -0.15) is 0 Å². The third-order valence-electron chi connectivity index (χ3n) is 7.61. The monoisotopic (exact) mass is 475 g/mol. The molecule has 5 aromatic rings. The quantitative estimate of drug-likeness (QED) is 0.175. The fourth-order valence-corrected chi connectivity index (χ4v) is 5.74. The Kier molecular flexibility index (Phi) is 5.60. The summed E-state index contributed by atoms with van der Waals surface area (Å²) in [5.74, 6) is -0.349. The fourth-order valence-electron chi connectivity index (χ4n) is 5.74. The van der Waals surface area contributed by atoms with Crippen LogP contribution < -0.4 is 0 Å². The average molecular weight is 476 g/mol. The number of unbranched alkanes of at least 4 members (excludes halogenated alkanes) is 2. The van der Waals surface area contributed by atoms with Crippen LogP contribution in [0.2, 0.25) is 0 Å². The van der Waals surface area contributed by atoms with Crippen molar-refractivity contribution < 1.29 is 14.0 Å². The van der Waals surface area contributed by atoms with Crippen LogP contribution in [0.5, 0.6) is 0 Å². The molecule has 0 fully saturated rings. The van der Waals surface area contributed by atoms with E-state index in [1.54, 1.807) is 0 Å². The van der Waals surface area contributed by atoms with Gasteiger partial charge in [0, 0.05) is 33.3 Å². The summed E-state index contributed by atoms with van der Waals surface area (Å²) in [6.45, 7) is 4.23. The van der Waals surface area contributed by atoms with E-state index in [9.17, 15) is 9.59 Å². The van der Waals surface area contributed by atoms with Crippen molar-refractivity contribution >= 4 is 44.5 Å². The van der Waals surface area contributed by atoms with Crippen LogP contribution in [0.15, 0.2) is 77.2 Å². The first kappa shape index (κ1) is 22.5. The molecule has 6 rings (SSSR count). The Balaban J connectivity index is 1.46. The predicted molar refractivity (Wildman–Crippen MR) is 145 cm³/mol. The van der Waals surface area contributed by atoms with Gasteiger partial charge in [-0.15, -0.1) is 0 Å². The van der Waals surface area contributed by atoms with Crippen molar-refractivity contribution in [3.63, 3.8) is 0 Å². The highest BCUT2D eigenvalue weighted by Crippen LogP contribution is 2.39. The Labute approximate surface area is 210 Å². The number of nitrogens with zero attached hydrogens (tertiary/aromatic N) is 1. The number of fused-ring (bicyclic) bond motifs is 3. The second-order valence-corrected chi connectivity index (χ2v) is 9.74. The zero-order valence-electron chi connectivity index (χ0n) is 20.7. The van der Waals surface area contributed by atoms with Crippen molar-refractivity contribution in [3.8, 4) is 11.1 Å². The SMILES string of the molecule is CCCCCC(CC)N1C(=O)c2cccc3c(-c4ccc5c(c4)oc4ccccc45)ccc(c23)C1=O. The molecule has 0 saturated heterocycles. The molecular formula is C32H29NO3. The zero-order valence-corrected chi connectivity index (χ0v) is 20.7. The van der Waals surface area contributed by atoms with Gasteiger partial charge in [-0.05, 0) is 59.7 Å². The van der Waals surface area contributed by atoms with Gasteiger partial charge < -0.3 is 4.42 Å². The summed E-state index contributed by atoms with van der Waals surface area (Å²) in [5.41, 5.74) is 4.90. The summed E-state index contributed by atoms with van der Waals surface area (Å²) in [4.78, 5) is 28.8. The smallest absolute Gasteiger partial charge is 0.261 e. The van der Waals surface area contributed by atoms with Gasteiger partial charge in [-0.3, -0.25) is 14.5 Å². The summed E-state index contributed by atoms with van der Waals surface area (Å²) in [7, 11) is 0. The summed E-state index contributed by atoms with van der Waals surface area (Å²) in [6, 6.07) is 23.9. The minimum Gasteiger partial charge on any atom is -0.456 e. The standard InChI is InChI=1S/C32H29NO3/c1-3-5-6-10-21(4-2)33-31(34)26-13-9-12-25-22(17-18-27(30(25)26)32(33)35)20-15-16-24-23-11-7-8-14-28(23)36-29(24)19-20/h7-9,11-19,21H,3-6,10H2,1-2H3. The van der Waals surface area contributed by atoms with Crippen LogP contribution in [0.4, 0.5) is 0 Å². The molecule has 2 heterocycles. The maximum Gasteiger partial charge on any atom is 0.261 e. The van der Waals surface area contributed by atoms with Gasteiger partial charge in [0.15, 0.2) is 0 Å². The van der Waals surface area contributed by atoms with Crippen molar-refractivity contribution in [2.24, 2.45) is 0 Å². The van der Waals surface area contributed by atoms with Gasteiger partial charge in [0.1, 0.15) is 11.2 Å². The van der Waals surface area contributed by atoms with E-state index in [0.29, 0.717) is 11.1 Å². The molecule has 1 unspecified atom stereocenters. The fraction of sp³-hybridized carbons (Fsp3) is 0.250. The molecule has 0 spiro atoms. The van der Waals surface area contributed by atoms with Gasteiger partial charge >= 0.3 is 0 Å². The molecule has 4 nitrogen and oxygen atoms in total. The van der Waals surface area contributed by atoms with E-state index in [1.807, 2.05) is 48.5 Å². The first-order valence-electron chi connectivity index (χ1n) is 13.0. The minimum atomic E-state index is -0.175. The Morgan fingerprint density at radius 3 is 2.25 bits per heavy atom.